The molecule has 0 spiro atoms. The lowest BCUT2D eigenvalue weighted by Crippen LogP contribution is -1.90. The molecule has 0 saturated carbocycles. The molecule has 0 radical (unpaired) electrons. The number of hydrogen-bond acceptors (Lipinski definition) is 4. The second-order valence-corrected chi connectivity index (χ2v) is 5.81. The molecule has 2 heterocycles. The van der Waals surface area contributed by atoms with E-state index in [1.54, 1.807) is 11.3 Å². The molecular formula is C18H16N2O2S. The quantitative estimate of drug-likeness (QED) is 0.722. The van der Waals surface area contributed by atoms with Gasteiger partial charge in [-0.2, -0.15) is 0 Å². The summed E-state index contributed by atoms with van der Waals surface area (Å²) in [7, 11) is 0. The number of H-pyrrole nitrogens is 1. The van der Waals surface area contributed by atoms with E-state index in [9.17, 15) is 0 Å². The van der Waals surface area contributed by atoms with Gasteiger partial charge in [-0.1, -0.05) is 11.8 Å². The minimum absolute atomic E-state index is 0.129. The lowest BCUT2D eigenvalue weighted by molar-refractivity contribution is 0.340. The smallest absolute Gasteiger partial charge is 0.147 e. The third-order valence-electron chi connectivity index (χ3n) is 3.18. The average Bonchev–Trinajstić information content (AvgIpc) is 3.23. The molecule has 3 aromatic rings. The summed E-state index contributed by atoms with van der Waals surface area (Å²) >= 11 is 1.55. The standard InChI is InChI=1S/C18H16N2O2S/c1-2-22-14-7-5-13(6-8-14)16-12-19-18(20-16)17-10-9-15(23-17)4-3-11-21/h5-10,12,21H,2,11H2,1H3,(H,19,20). The van der Waals surface area contributed by atoms with Crippen LogP contribution >= 0.6 is 11.3 Å². The maximum absolute atomic E-state index is 8.74. The van der Waals surface area contributed by atoms with E-state index < -0.39 is 0 Å². The van der Waals surface area contributed by atoms with Gasteiger partial charge in [0.1, 0.15) is 18.2 Å². The van der Waals surface area contributed by atoms with Gasteiger partial charge >= 0.3 is 0 Å². The van der Waals surface area contributed by atoms with Crippen LogP contribution in [0.1, 0.15) is 11.8 Å². The summed E-state index contributed by atoms with van der Waals surface area (Å²) < 4.78 is 5.45. The highest BCUT2D eigenvalue weighted by Gasteiger charge is 2.08. The third kappa shape index (κ3) is 3.62. The number of thiophene rings is 1. The molecule has 4 nitrogen and oxygen atoms in total. The fourth-order valence-corrected chi connectivity index (χ4v) is 2.98. The van der Waals surface area contributed by atoms with Gasteiger partial charge in [0.25, 0.3) is 0 Å². The molecule has 0 aliphatic heterocycles. The summed E-state index contributed by atoms with van der Waals surface area (Å²) in [5.41, 5.74) is 2.02. The summed E-state index contributed by atoms with van der Waals surface area (Å²) in [6, 6.07) is 11.8. The first kappa shape index (κ1) is 15.3. The Morgan fingerprint density at radius 3 is 2.78 bits per heavy atom. The van der Waals surface area contributed by atoms with E-state index in [0.29, 0.717) is 6.61 Å². The van der Waals surface area contributed by atoms with Crippen molar-refractivity contribution in [3.05, 3.63) is 47.5 Å². The molecule has 0 fully saturated rings. The largest absolute Gasteiger partial charge is 0.494 e. The molecule has 0 amide bonds. The van der Waals surface area contributed by atoms with Crippen LogP contribution in [0.2, 0.25) is 0 Å². The lowest BCUT2D eigenvalue weighted by Gasteiger charge is -2.03. The zero-order chi connectivity index (χ0) is 16.1. The van der Waals surface area contributed by atoms with E-state index in [2.05, 4.69) is 21.8 Å². The molecule has 0 atom stereocenters. The summed E-state index contributed by atoms with van der Waals surface area (Å²) in [5, 5.41) is 8.74. The van der Waals surface area contributed by atoms with Crippen LogP contribution in [0.4, 0.5) is 0 Å². The maximum Gasteiger partial charge on any atom is 0.147 e. The van der Waals surface area contributed by atoms with Gasteiger partial charge in [0.2, 0.25) is 0 Å². The Morgan fingerprint density at radius 1 is 1.22 bits per heavy atom. The Morgan fingerprint density at radius 2 is 2.04 bits per heavy atom. The molecule has 2 N–H and O–H groups in total. The Bertz CT molecular complexity index is 838. The molecule has 5 heteroatoms. The van der Waals surface area contributed by atoms with E-state index in [1.807, 2.05) is 49.5 Å². The van der Waals surface area contributed by atoms with E-state index >= 15 is 0 Å². The summed E-state index contributed by atoms with van der Waals surface area (Å²) in [6.45, 7) is 2.50. The molecule has 1 aromatic carbocycles. The van der Waals surface area contributed by atoms with Crippen LogP contribution in [-0.4, -0.2) is 28.3 Å². The summed E-state index contributed by atoms with van der Waals surface area (Å²) in [6.07, 6.45) is 1.82. The normalized spacial score (nSPS) is 10.2. The number of nitrogens with zero attached hydrogens (tertiary/aromatic N) is 1. The number of benzene rings is 1. The van der Waals surface area contributed by atoms with Crippen LogP contribution in [0, 0.1) is 11.8 Å². The second-order valence-electron chi connectivity index (χ2n) is 4.73. The maximum atomic E-state index is 8.74. The number of aliphatic hydroxyl groups is 1. The molecule has 0 bridgehead atoms. The van der Waals surface area contributed by atoms with Gasteiger partial charge in [-0.05, 0) is 48.9 Å². The van der Waals surface area contributed by atoms with E-state index in [0.717, 1.165) is 32.6 Å². The number of imidazole rings is 1. The van der Waals surface area contributed by atoms with Crippen molar-refractivity contribution in [1.29, 1.82) is 0 Å². The number of ether oxygens (including phenoxy) is 1. The fourth-order valence-electron chi connectivity index (χ4n) is 2.15. The first-order valence-electron chi connectivity index (χ1n) is 7.28. The third-order valence-corrected chi connectivity index (χ3v) is 4.19. The van der Waals surface area contributed by atoms with Gasteiger partial charge in [-0.3, -0.25) is 0 Å². The number of aromatic amines is 1. The van der Waals surface area contributed by atoms with Crippen LogP contribution in [-0.2, 0) is 0 Å². The fraction of sp³-hybridized carbons (Fsp3) is 0.167. The zero-order valence-electron chi connectivity index (χ0n) is 12.7. The lowest BCUT2D eigenvalue weighted by atomic mass is 10.2. The predicted octanol–water partition coefficient (Wildman–Crippen LogP) is 3.55. The van der Waals surface area contributed by atoms with Gasteiger partial charge in [0, 0.05) is 0 Å². The van der Waals surface area contributed by atoms with Gasteiger partial charge < -0.3 is 14.8 Å². The second kappa shape index (κ2) is 7.14. The zero-order valence-corrected chi connectivity index (χ0v) is 13.5. The number of rotatable bonds is 4. The number of nitrogens with one attached hydrogen (secondary N) is 1. The molecule has 23 heavy (non-hydrogen) atoms. The van der Waals surface area contributed by atoms with Crippen LogP contribution in [0.15, 0.2) is 42.6 Å². The molecule has 0 aliphatic carbocycles. The topological polar surface area (TPSA) is 58.1 Å². The molecular weight excluding hydrogens is 308 g/mol. The first-order chi connectivity index (χ1) is 11.3. The van der Waals surface area contributed by atoms with Crippen molar-refractivity contribution in [3.63, 3.8) is 0 Å². The Balaban J connectivity index is 1.81. The molecule has 2 aromatic heterocycles. The van der Waals surface area contributed by atoms with Crippen LogP contribution in [0.25, 0.3) is 22.0 Å². The van der Waals surface area contributed by atoms with Crippen LogP contribution in [0.5, 0.6) is 5.75 Å². The molecule has 116 valence electrons. The van der Waals surface area contributed by atoms with E-state index in [1.165, 1.54) is 0 Å². The number of aromatic nitrogens is 2. The van der Waals surface area contributed by atoms with Crippen molar-refractivity contribution in [1.82, 2.24) is 9.97 Å². The minimum atomic E-state index is -0.129. The van der Waals surface area contributed by atoms with E-state index in [-0.39, 0.29) is 6.61 Å². The number of aliphatic hydroxyl groups excluding tert-OH is 1. The SMILES string of the molecule is CCOc1ccc(-c2cnc(-c3ccc(C#CCO)s3)[nH]2)cc1. The highest BCUT2D eigenvalue weighted by Crippen LogP contribution is 2.28. The van der Waals surface area contributed by atoms with Crippen molar-refractivity contribution in [2.45, 2.75) is 6.92 Å². The highest BCUT2D eigenvalue weighted by molar-refractivity contribution is 7.15. The average molecular weight is 324 g/mol. The summed E-state index contributed by atoms with van der Waals surface area (Å²) in [4.78, 5) is 9.70. The number of hydrogen-bond donors (Lipinski definition) is 2. The van der Waals surface area contributed by atoms with Gasteiger partial charge in [0.05, 0.1) is 28.3 Å². The first-order valence-corrected chi connectivity index (χ1v) is 8.10. The van der Waals surface area contributed by atoms with Crippen molar-refractivity contribution >= 4 is 11.3 Å². The highest BCUT2D eigenvalue weighted by atomic mass is 32.1. The predicted molar refractivity (Wildman–Crippen MR) is 92.5 cm³/mol. The molecule has 0 aliphatic rings. The van der Waals surface area contributed by atoms with Crippen molar-refractivity contribution in [3.8, 4) is 39.5 Å². The molecule has 3 rings (SSSR count). The van der Waals surface area contributed by atoms with Crippen molar-refractivity contribution < 1.29 is 9.84 Å². The Hall–Kier alpha value is -2.55. The van der Waals surface area contributed by atoms with Gasteiger partial charge in [0.15, 0.2) is 0 Å². The van der Waals surface area contributed by atoms with Crippen molar-refractivity contribution in [2.24, 2.45) is 0 Å². The Kier molecular flexibility index (Phi) is 4.77. The Labute approximate surface area is 138 Å². The monoisotopic (exact) mass is 324 g/mol. The van der Waals surface area contributed by atoms with Crippen molar-refractivity contribution in [2.75, 3.05) is 13.2 Å². The molecule has 0 saturated heterocycles. The van der Waals surface area contributed by atoms with E-state index in [4.69, 9.17) is 9.84 Å². The van der Waals surface area contributed by atoms with Crippen LogP contribution < -0.4 is 4.74 Å². The van der Waals surface area contributed by atoms with Gasteiger partial charge in [-0.25, -0.2) is 4.98 Å². The van der Waals surface area contributed by atoms with Gasteiger partial charge in [-0.15, -0.1) is 11.3 Å². The van der Waals surface area contributed by atoms with Crippen LogP contribution in [0.3, 0.4) is 0 Å². The molecule has 0 unspecified atom stereocenters. The minimum Gasteiger partial charge on any atom is -0.494 e. The summed E-state index contributed by atoms with van der Waals surface area (Å²) in [5.74, 6) is 7.23.